The van der Waals surface area contributed by atoms with E-state index < -0.39 is 0 Å². The molecule has 1 aliphatic heterocycles. The normalized spacial score (nSPS) is 17.2. The second-order valence-electron chi connectivity index (χ2n) is 2.32. The quantitative estimate of drug-likeness (QED) is 0.651. The van der Waals surface area contributed by atoms with Gasteiger partial charge >= 0.3 is 0 Å². The van der Waals surface area contributed by atoms with Crippen molar-refractivity contribution in [1.29, 1.82) is 0 Å². The molecule has 76 valence electrons. The fourth-order valence-corrected chi connectivity index (χ4v) is 1.08. The van der Waals surface area contributed by atoms with Gasteiger partial charge in [0.1, 0.15) is 0 Å². The number of aliphatic hydroxyl groups excluding tert-OH is 1. The zero-order chi connectivity index (χ0) is 8.53. The van der Waals surface area contributed by atoms with Gasteiger partial charge < -0.3 is 10.4 Å². The predicted molar refractivity (Wildman–Crippen MR) is 58.1 cm³/mol. The minimum absolute atomic E-state index is 0. The van der Waals surface area contributed by atoms with Gasteiger partial charge in [0.2, 0.25) is 0 Å². The van der Waals surface area contributed by atoms with Gasteiger partial charge in [0.15, 0.2) is 0 Å². The van der Waals surface area contributed by atoms with Crippen LogP contribution in [0.15, 0.2) is 0 Å². The van der Waals surface area contributed by atoms with Crippen LogP contribution in [-0.4, -0.2) is 49.3 Å². The molecule has 0 atom stereocenters. The Morgan fingerprint density at radius 2 is 1.75 bits per heavy atom. The molecular weight excluding hydrogens is 172 g/mol. The van der Waals surface area contributed by atoms with Crippen molar-refractivity contribution in [2.45, 2.75) is 13.8 Å². The molecule has 1 fully saturated rings. The summed E-state index contributed by atoms with van der Waals surface area (Å²) in [5, 5.41) is 11.8. The molecule has 1 rings (SSSR count). The van der Waals surface area contributed by atoms with Gasteiger partial charge in [0, 0.05) is 32.7 Å². The summed E-state index contributed by atoms with van der Waals surface area (Å²) >= 11 is 0. The van der Waals surface area contributed by atoms with Gasteiger partial charge in [0.25, 0.3) is 0 Å². The number of nitrogens with zero attached hydrogens (tertiary/aromatic N) is 1. The lowest BCUT2D eigenvalue weighted by Gasteiger charge is -2.25. The zero-order valence-corrected chi connectivity index (χ0v) is 9.14. The van der Waals surface area contributed by atoms with Gasteiger partial charge in [-0.1, -0.05) is 13.8 Å². The first-order valence-electron chi connectivity index (χ1n) is 4.47. The van der Waals surface area contributed by atoms with Crippen LogP contribution in [0.25, 0.3) is 0 Å². The van der Waals surface area contributed by atoms with Crippen molar-refractivity contribution in [2.24, 2.45) is 0 Å². The lowest BCUT2D eigenvalue weighted by molar-refractivity contribution is 0.180. The first-order chi connectivity index (χ1) is 5.43. The maximum atomic E-state index is 8.56. The SMILES string of the molecule is CC.OCCN1CCNCC1.S. The van der Waals surface area contributed by atoms with Gasteiger partial charge in [-0.25, -0.2) is 0 Å². The highest BCUT2D eigenvalue weighted by molar-refractivity contribution is 7.59. The summed E-state index contributed by atoms with van der Waals surface area (Å²) < 4.78 is 0. The highest BCUT2D eigenvalue weighted by atomic mass is 32.1. The molecule has 1 heterocycles. The van der Waals surface area contributed by atoms with E-state index in [-0.39, 0.29) is 13.5 Å². The Kier molecular flexibility index (Phi) is 13.8. The molecule has 0 amide bonds. The van der Waals surface area contributed by atoms with Crippen LogP contribution in [0.5, 0.6) is 0 Å². The zero-order valence-electron chi connectivity index (χ0n) is 8.14. The van der Waals surface area contributed by atoms with Crippen LogP contribution in [0.3, 0.4) is 0 Å². The second-order valence-corrected chi connectivity index (χ2v) is 2.32. The number of β-amino-alcohol motifs (C(OH)–C–C–N with tert-alkyl or cyclic N) is 1. The molecule has 0 aromatic heterocycles. The number of rotatable bonds is 2. The molecule has 3 nitrogen and oxygen atoms in total. The lowest BCUT2D eigenvalue weighted by Crippen LogP contribution is -2.44. The lowest BCUT2D eigenvalue weighted by atomic mass is 10.4. The average Bonchev–Trinajstić information content (AvgIpc) is 2.11. The van der Waals surface area contributed by atoms with Gasteiger partial charge in [0.05, 0.1) is 6.61 Å². The molecule has 0 spiro atoms. The first-order valence-corrected chi connectivity index (χ1v) is 4.47. The summed E-state index contributed by atoms with van der Waals surface area (Å²) in [6.45, 7) is 9.43. The molecule has 0 aromatic carbocycles. The number of hydrogen-bond donors (Lipinski definition) is 2. The van der Waals surface area contributed by atoms with Crippen LogP contribution in [0.4, 0.5) is 0 Å². The fraction of sp³-hybridized carbons (Fsp3) is 1.00. The molecule has 0 radical (unpaired) electrons. The Morgan fingerprint density at radius 3 is 2.17 bits per heavy atom. The molecule has 0 saturated carbocycles. The van der Waals surface area contributed by atoms with Gasteiger partial charge in [-0.15, -0.1) is 0 Å². The van der Waals surface area contributed by atoms with Crippen molar-refractivity contribution >= 4 is 13.5 Å². The summed E-state index contributed by atoms with van der Waals surface area (Å²) in [5.41, 5.74) is 0. The van der Waals surface area contributed by atoms with E-state index in [2.05, 4.69) is 10.2 Å². The molecule has 0 aliphatic carbocycles. The molecule has 12 heavy (non-hydrogen) atoms. The third kappa shape index (κ3) is 6.91. The van der Waals surface area contributed by atoms with Crippen molar-refractivity contribution in [3.8, 4) is 0 Å². The number of nitrogens with one attached hydrogen (secondary N) is 1. The minimum Gasteiger partial charge on any atom is -0.395 e. The summed E-state index contributed by atoms with van der Waals surface area (Å²) in [4.78, 5) is 2.26. The van der Waals surface area contributed by atoms with Crippen molar-refractivity contribution in [2.75, 3.05) is 39.3 Å². The maximum absolute atomic E-state index is 8.56. The minimum atomic E-state index is 0. The van der Waals surface area contributed by atoms with Crippen LogP contribution < -0.4 is 5.32 Å². The monoisotopic (exact) mass is 194 g/mol. The third-order valence-corrected chi connectivity index (χ3v) is 1.63. The summed E-state index contributed by atoms with van der Waals surface area (Å²) in [5.74, 6) is 0. The smallest absolute Gasteiger partial charge is 0.0558 e. The molecule has 0 bridgehead atoms. The van der Waals surface area contributed by atoms with Gasteiger partial charge in [-0.3, -0.25) is 4.90 Å². The predicted octanol–water partition coefficient (Wildman–Crippen LogP) is 0.0229. The topological polar surface area (TPSA) is 35.5 Å². The Bertz CT molecular complexity index is 74.7. The Hall–Kier alpha value is 0.230. The van der Waals surface area contributed by atoms with Crippen molar-refractivity contribution in [3.63, 3.8) is 0 Å². The molecular formula is C8H22N2OS. The highest BCUT2D eigenvalue weighted by Gasteiger charge is 2.06. The van der Waals surface area contributed by atoms with E-state index in [1.165, 1.54) is 0 Å². The van der Waals surface area contributed by atoms with E-state index in [1.807, 2.05) is 13.8 Å². The first kappa shape index (κ1) is 14.7. The highest BCUT2D eigenvalue weighted by Crippen LogP contribution is 1.88. The Labute approximate surface area is 82.6 Å². The second kappa shape index (κ2) is 11.2. The summed E-state index contributed by atoms with van der Waals surface area (Å²) in [6, 6.07) is 0. The molecule has 0 unspecified atom stereocenters. The van der Waals surface area contributed by atoms with Gasteiger partial charge in [-0.05, 0) is 0 Å². The molecule has 1 aliphatic rings. The van der Waals surface area contributed by atoms with Crippen LogP contribution >= 0.6 is 13.5 Å². The molecule has 2 N–H and O–H groups in total. The van der Waals surface area contributed by atoms with Crippen molar-refractivity contribution in [1.82, 2.24) is 10.2 Å². The Morgan fingerprint density at radius 1 is 1.25 bits per heavy atom. The van der Waals surface area contributed by atoms with E-state index in [0.717, 1.165) is 32.7 Å². The van der Waals surface area contributed by atoms with E-state index in [0.29, 0.717) is 6.61 Å². The van der Waals surface area contributed by atoms with Gasteiger partial charge in [-0.2, -0.15) is 13.5 Å². The van der Waals surface area contributed by atoms with Crippen molar-refractivity contribution in [3.05, 3.63) is 0 Å². The summed E-state index contributed by atoms with van der Waals surface area (Å²) in [6.07, 6.45) is 0. The van der Waals surface area contributed by atoms with Crippen LogP contribution in [0, 0.1) is 0 Å². The van der Waals surface area contributed by atoms with Crippen LogP contribution in [0.1, 0.15) is 13.8 Å². The molecule has 4 heteroatoms. The Balaban J connectivity index is 0. The van der Waals surface area contributed by atoms with E-state index in [9.17, 15) is 0 Å². The fourth-order valence-electron chi connectivity index (χ4n) is 1.08. The standard InChI is InChI=1S/C6H14N2O.C2H6.H2S/c9-6-5-8-3-1-7-2-4-8;1-2;/h7,9H,1-6H2;1-2H3;1H2. The number of piperazine rings is 1. The van der Waals surface area contributed by atoms with Crippen molar-refractivity contribution < 1.29 is 5.11 Å². The number of aliphatic hydroxyl groups is 1. The molecule has 1 saturated heterocycles. The third-order valence-electron chi connectivity index (χ3n) is 1.63. The van der Waals surface area contributed by atoms with E-state index in [1.54, 1.807) is 0 Å². The van der Waals surface area contributed by atoms with Crippen LogP contribution in [0.2, 0.25) is 0 Å². The maximum Gasteiger partial charge on any atom is 0.0558 e. The van der Waals surface area contributed by atoms with Crippen LogP contribution in [-0.2, 0) is 0 Å². The largest absolute Gasteiger partial charge is 0.395 e. The van der Waals surface area contributed by atoms with E-state index >= 15 is 0 Å². The average molecular weight is 194 g/mol. The summed E-state index contributed by atoms with van der Waals surface area (Å²) in [7, 11) is 0. The number of hydrogen-bond acceptors (Lipinski definition) is 3. The van der Waals surface area contributed by atoms with E-state index in [4.69, 9.17) is 5.11 Å². The molecule has 0 aromatic rings.